The molecule has 0 spiro atoms. The Bertz CT molecular complexity index is 445. The molecule has 0 aliphatic heterocycles. The standard InChI is InChI=1S/C14H20N2O2/c1-9-11(14(17)18)5-3-6-12(9)16-13-7-2-4-10(13)8-15/h3,5-6,10,13,16H,2,4,7-8,15H2,1H3,(H,17,18). The Morgan fingerprint density at radius 2 is 2.28 bits per heavy atom. The van der Waals surface area contributed by atoms with Crippen LogP contribution in [0.4, 0.5) is 5.69 Å². The van der Waals surface area contributed by atoms with Gasteiger partial charge in [0.2, 0.25) is 0 Å². The summed E-state index contributed by atoms with van der Waals surface area (Å²) in [4.78, 5) is 11.1. The number of carboxylic acids is 1. The van der Waals surface area contributed by atoms with Crippen molar-refractivity contribution in [2.45, 2.75) is 32.2 Å². The molecule has 0 heterocycles. The first kappa shape index (κ1) is 12.9. The lowest BCUT2D eigenvalue weighted by Crippen LogP contribution is -2.29. The van der Waals surface area contributed by atoms with Gasteiger partial charge in [0.1, 0.15) is 0 Å². The summed E-state index contributed by atoms with van der Waals surface area (Å²) in [5.41, 5.74) is 7.84. The van der Waals surface area contributed by atoms with Gasteiger partial charge in [-0.25, -0.2) is 4.79 Å². The van der Waals surface area contributed by atoms with E-state index < -0.39 is 5.97 Å². The Balaban J connectivity index is 2.19. The summed E-state index contributed by atoms with van der Waals surface area (Å²) >= 11 is 0. The molecular formula is C14H20N2O2. The predicted octanol–water partition coefficient (Wildman–Crippen LogP) is 2.23. The van der Waals surface area contributed by atoms with Gasteiger partial charge in [0.25, 0.3) is 0 Å². The molecule has 1 saturated carbocycles. The van der Waals surface area contributed by atoms with Crippen LogP contribution >= 0.6 is 0 Å². The third kappa shape index (κ3) is 2.48. The van der Waals surface area contributed by atoms with Crippen molar-refractivity contribution < 1.29 is 9.90 Å². The summed E-state index contributed by atoms with van der Waals surface area (Å²) in [5, 5.41) is 12.6. The largest absolute Gasteiger partial charge is 0.478 e. The van der Waals surface area contributed by atoms with E-state index >= 15 is 0 Å². The molecule has 2 atom stereocenters. The van der Waals surface area contributed by atoms with Crippen LogP contribution in [0.2, 0.25) is 0 Å². The molecule has 0 saturated heterocycles. The van der Waals surface area contributed by atoms with Gasteiger partial charge >= 0.3 is 5.97 Å². The molecule has 1 aromatic carbocycles. The number of benzene rings is 1. The van der Waals surface area contributed by atoms with Gasteiger partial charge in [-0.1, -0.05) is 12.5 Å². The van der Waals surface area contributed by atoms with Crippen LogP contribution in [-0.2, 0) is 0 Å². The van der Waals surface area contributed by atoms with Gasteiger partial charge in [-0.05, 0) is 49.9 Å². The summed E-state index contributed by atoms with van der Waals surface area (Å²) in [6.45, 7) is 2.54. The van der Waals surface area contributed by atoms with Crippen molar-refractivity contribution in [3.8, 4) is 0 Å². The third-order valence-electron chi connectivity index (χ3n) is 3.87. The molecule has 1 aromatic rings. The molecule has 0 amide bonds. The first-order valence-electron chi connectivity index (χ1n) is 6.43. The number of hydrogen-bond donors (Lipinski definition) is 3. The Labute approximate surface area is 107 Å². The quantitative estimate of drug-likeness (QED) is 0.763. The van der Waals surface area contributed by atoms with Gasteiger partial charge in [0, 0.05) is 11.7 Å². The van der Waals surface area contributed by atoms with Crippen molar-refractivity contribution in [1.82, 2.24) is 0 Å². The Morgan fingerprint density at radius 3 is 2.94 bits per heavy atom. The molecule has 98 valence electrons. The number of hydrogen-bond acceptors (Lipinski definition) is 3. The van der Waals surface area contributed by atoms with Gasteiger partial charge < -0.3 is 16.2 Å². The van der Waals surface area contributed by atoms with Gasteiger partial charge in [0.05, 0.1) is 5.56 Å². The van der Waals surface area contributed by atoms with E-state index in [1.807, 2.05) is 13.0 Å². The molecule has 1 aliphatic carbocycles. The normalized spacial score (nSPS) is 23.0. The fourth-order valence-electron chi connectivity index (χ4n) is 2.73. The maximum absolute atomic E-state index is 11.1. The SMILES string of the molecule is Cc1c(NC2CCCC2CN)cccc1C(=O)O. The monoisotopic (exact) mass is 248 g/mol. The third-order valence-corrected chi connectivity index (χ3v) is 3.87. The average molecular weight is 248 g/mol. The van der Waals surface area contributed by atoms with Crippen LogP contribution in [-0.4, -0.2) is 23.7 Å². The van der Waals surface area contributed by atoms with Crippen LogP contribution in [0.1, 0.15) is 35.2 Å². The summed E-state index contributed by atoms with van der Waals surface area (Å²) in [7, 11) is 0. The summed E-state index contributed by atoms with van der Waals surface area (Å²) in [5.74, 6) is -0.379. The zero-order valence-corrected chi connectivity index (χ0v) is 10.6. The van der Waals surface area contributed by atoms with E-state index in [4.69, 9.17) is 10.8 Å². The zero-order valence-electron chi connectivity index (χ0n) is 10.6. The van der Waals surface area contributed by atoms with Gasteiger partial charge in [0.15, 0.2) is 0 Å². The van der Waals surface area contributed by atoms with Crippen LogP contribution in [0.5, 0.6) is 0 Å². The number of carboxylic acid groups (broad SMARTS) is 1. The van der Waals surface area contributed by atoms with E-state index in [9.17, 15) is 4.79 Å². The van der Waals surface area contributed by atoms with Crippen LogP contribution in [0, 0.1) is 12.8 Å². The second-order valence-electron chi connectivity index (χ2n) is 4.96. The minimum absolute atomic E-state index is 0.363. The van der Waals surface area contributed by atoms with Crippen LogP contribution in [0.3, 0.4) is 0 Å². The highest BCUT2D eigenvalue weighted by Crippen LogP contribution is 2.29. The zero-order chi connectivity index (χ0) is 13.1. The Kier molecular flexibility index (Phi) is 3.87. The van der Waals surface area contributed by atoms with Gasteiger partial charge in [-0.2, -0.15) is 0 Å². The van der Waals surface area contributed by atoms with Crippen molar-refractivity contribution in [1.29, 1.82) is 0 Å². The highest BCUT2D eigenvalue weighted by Gasteiger charge is 2.26. The van der Waals surface area contributed by atoms with E-state index in [1.165, 1.54) is 6.42 Å². The average Bonchev–Trinajstić information content (AvgIpc) is 2.78. The molecule has 0 aromatic heterocycles. The van der Waals surface area contributed by atoms with E-state index in [2.05, 4.69) is 5.32 Å². The van der Waals surface area contributed by atoms with E-state index in [0.29, 0.717) is 24.1 Å². The number of nitrogens with one attached hydrogen (secondary N) is 1. The summed E-state index contributed by atoms with van der Waals surface area (Å²) in [6.07, 6.45) is 3.46. The van der Waals surface area contributed by atoms with E-state index in [0.717, 1.165) is 24.1 Å². The minimum atomic E-state index is -0.877. The smallest absolute Gasteiger partial charge is 0.336 e. The minimum Gasteiger partial charge on any atom is -0.478 e. The second-order valence-corrected chi connectivity index (χ2v) is 4.96. The molecule has 1 aliphatic rings. The van der Waals surface area contributed by atoms with Crippen molar-refractivity contribution in [3.05, 3.63) is 29.3 Å². The maximum atomic E-state index is 11.1. The van der Waals surface area contributed by atoms with Crippen LogP contribution in [0.25, 0.3) is 0 Å². The molecule has 4 heteroatoms. The number of rotatable bonds is 4. The predicted molar refractivity (Wildman–Crippen MR) is 71.9 cm³/mol. The van der Waals surface area contributed by atoms with Crippen molar-refractivity contribution in [3.63, 3.8) is 0 Å². The number of aromatic carboxylic acids is 1. The first-order valence-corrected chi connectivity index (χ1v) is 6.43. The maximum Gasteiger partial charge on any atom is 0.336 e. The summed E-state index contributed by atoms with van der Waals surface area (Å²) in [6, 6.07) is 5.73. The molecule has 0 radical (unpaired) electrons. The lowest BCUT2D eigenvalue weighted by molar-refractivity contribution is 0.0696. The molecule has 18 heavy (non-hydrogen) atoms. The highest BCUT2D eigenvalue weighted by atomic mass is 16.4. The highest BCUT2D eigenvalue weighted by molar-refractivity contribution is 5.91. The Morgan fingerprint density at radius 1 is 1.50 bits per heavy atom. The Hall–Kier alpha value is -1.55. The fraction of sp³-hybridized carbons (Fsp3) is 0.500. The first-order chi connectivity index (χ1) is 8.63. The molecule has 2 rings (SSSR count). The molecule has 4 N–H and O–H groups in total. The number of carbonyl (C=O) groups is 1. The van der Waals surface area contributed by atoms with Crippen molar-refractivity contribution in [2.75, 3.05) is 11.9 Å². The molecule has 1 fully saturated rings. The summed E-state index contributed by atoms with van der Waals surface area (Å²) < 4.78 is 0. The molecule has 2 unspecified atom stereocenters. The topological polar surface area (TPSA) is 75.3 Å². The lowest BCUT2D eigenvalue weighted by atomic mass is 10.0. The lowest BCUT2D eigenvalue weighted by Gasteiger charge is -2.22. The number of anilines is 1. The van der Waals surface area contributed by atoms with Crippen molar-refractivity contribution in [2.24, 2.45) is 11.7 Å². The van der Waals surface area contributed by atoms with Gasteiger partial charge in [-0.15, -0.1) is 0 Å². The van der Waals surface area contributed by atoms with Crippen molar-refractivity contribution >= 4 is 11.7 Å². The fourth-order valence-corrected chi connectivity index (χ4v) is 2.73. The van der Waals surface area contributed by atoms with E-state index in [1.54, 1.807) is 12.1 Å². The van der Waals surface area contributed by atoms with E-state index in [-0.39, 0.29) is 0 Å². The van der Waals surface area contributed by atoms with Crippen LogP contribution in [0.15, 0.2) is 18.2 Å². The number of nitrogens with two attached hydrogens (primary N) is 1. The van der Waals surface area contributed by atoms with Crippen LogP contribution < -0.4 is 11.1 Å². The van der Waals surface area contributed by atoms with Gasteiger partial charge in [-0.3, -0.25) is 0 Å². The molecule has 4 nitrogen and oxygen atoms in total. The second kappa shape index (κ2) is 5.40. The molecule has 0 bridgehead atoms. The molecular weight excluding hydrogens is 228 g/mol.